The molecule has 0 aliphatic carbocycles. The number of hydrogen-bond acceptors (Lipinski definition) is 7. The van der Waals surface area contributed by atoms with Crippen LogP contribution in [0.1, 0.15) is 25.8 Å². The third kappa shape index (κ3) is 4.47. The minimum Gasteiger partial charge on any atom is -0.325 e. The molecule has 2 aromatic heterocycles. The van der Waals surface area contributed by atoms with Crippen LogP contribution in [0.2, 0.25) is 0 Å². The van der Waals surface area contributed by atoms with Gasteiger partial charge < -0.3 is 5.32 Å². The number of thiazole rings is 1. The molecule has 0 atom stereocenters. The second kappa shape index (κ2) is 7.55. The molecule has 3 aromatic rings. The van der Waals surface area contributed by atoms with Crippen molar-refractivity contribution >= 4 is 34.7 Å². The number of carbonyl (C=O) groups excluding carboxylic acids is 1. The quantitative estimate of drug-likeness (QED) is 0.672. The third-order valence-corrected chi connectivity index (χ3v) is 5.16. The molecule has 7 nitrogen and oxygen atoms in total. The number of carbonyl (C=O) groups is 1. The predicted octanol–water partition coefficient (Wildman–Crippen LogP) is 3.59. The van der Waals surface area contributed by atoms with E-state index in [-0.39, 0.29) is 17.2 Å². The van der Waals surface area contributed by atoms with Gasteiger partial charge in [0.2, 0.25) is 11.1 Å². The Morgan fingerprint density at radius 3 is 2.85 bits per heavy atom. The molecule has 0 aliphatic heterocycles. The van der Waals surface area contributed by atoms with Gasteiger partial charge in [0.05, 0.1) is 22.0 Å². The van der Waals surface area contributed by atoms with E-state index in [1.165, 1.54) is 11.8 Å². The van der Waals surface area contributed by atoms with Crippen LogP contribution in [0.4, 0.5) is 5.69 Å². The molecule has 0 saturated heterocycles. The molecule has 0 bridgehead atoms. The van der Waals surface area contributed by atoms with Gasteiger partial charge in [0.15, 0.2) is 0 Å². The zero-order valence-corrected chi connectivity index (χ0v) is 16.7. The molecule has 0 saturated carbocycles. The normalized spacial score (nSPS) is 11.5. The van der Waals surface area contributed by atoms with Crippen molar-refractivity contribution in [2.45, 2.75) is 38.4 Å². The summed E-state index contributed by atoms with van der Waals surface area (Å²) in [6.45, 7) is 8.01. The molecule has 0 unspecified atom stereocenters. The van der Waals surface area contributed by atoms with Crippen LogP contribution in [0.25, 0.3) is 11.3 Å². The molecule has 0 radical (unpaired) electrons. The summed E-state index contributed by atoms with van der Waals surface area (Å²) in [4.78, 5) is 16.8. The summed E-state index contributed by atoms with van der Waals surface area (Å²) < 4.78 is 1.72. The lowest BCUT2D eigenvalue weighted by atomic mass is 10.1. The summed E-state index contributed by atoms with van der Waals surface area (Å²) >= 11 is 2.92. The zero-order valence-electron chi connectivity index (χ0n) is 15.1. The third-order valence-electron chi connectivity index (χ3n) is 3.47. The van der Waals surface area contributed by atoms with Gasteiger partial charge in [-0.25, -0.2) is 9.67 Å². The summed E-state index contributed by atoms with van der Waals surface area (Å²) in [6.07, 6.45) is 0. The number of hydrogen-bond donors (Lipinski definition) is 1. The summed E-state index contributed by atoms with van der Waals surface area (Å²) in [7, 11) is 0. The average molecular weight is 389 g/mol. The number of aromatic nitrogens is 5. The van der Waals surface area contributed by atoms with E-state index in [2.05, 4.69) is 25.8 Å². The number of benzene rings is 1. The fourth-order valence-corrected chi connectivity index (χ4v) is 3.75. The Hall–Kier alpha value is -2.26. The van der Waals surface area contributed by atoms with E-state index in [1.54, 1.807) is 16.0 Å². The largest absolute Gasteiger partial charge is 0.325 e. The molecule has 0 spiro atoms. The molecular formula is C17H20N6OS2. The lowest BCUT2D eigenvalue weighted by molar-refractivity contribution is -0.113. The number of tetrazole rings is 1. The highest BCUT2D eigenvalue weighted by molar-refractivity contribution is 7.99. The van der Waals surface area contributed by atoms with Crippen molar-refractivity contribution in [2.75, 3.05) is 11.1 Å². The second-order valence-electron chi connectivity index (χ2n) is 6.71. The van der Waals surface area contributed by atoms with Gasteiger partial charge in [-0.1, -0.05) is 23.9 Å². The first kappa shape index (κ1) is 18.5. The summed E-state index contributed by atoms with van der Waals surface area (Å²) in [5.74, 6) is 0.126. The van der Waals surface area contributed by atoms with Crippen LogP contribution in [-0.4, -0.2) is 36.9 Å². The molecule has 1 aromatic carbocycles. The Balaban J connectivity index is 1.63. The van der Waals surface area contributed by atoms with Crippen LogP contribution in [0.5, 0.6) is 0 Å². The Morgan fingerprint density at radius 2 is 2.15 bits per heavy atom. The maximum Gasteiger partial charge on any atom is 0.234 e. The van der Waals surface area contributed by atoms with E-state index in [4.69, 9.17) is 0 Å². The first-order chi connectivity index (χ1) is 12.3. The van der Waals surface area contributed by atoms with Gasteiger partial charge in [-0.05, 0) is 50.3 Å². The van der Waals surface area contributed by atoms with Crippen LogP contribution in [-0.2, 0) is 10.3 Å². The van der Waals surface area contributed by atoms with Gasteiger partial charge in [-0.15, -0.1) is 16.4 Å². The van der Waals surface area contributed by atoms with Crippen molar-refractivity contribution in [3.8, 4) is 11.3 Å². The van der Waals surface area contributed by atoms with Crippen LogP contribution < -0.4 is 5.32 Å². The first-order valence-corrected chi connectivity index (χ1v) is 9.93. The van der Waals surface area contributed by atoms with Crippen LogP contribution >= 0.6 is 23.1 Å². The highest BCUT2D eigenvalue weighted by atomic mass is 32.2. The van der Waals surface area contributed by atoms with Gasteiger partial charge in [0.1, 0.15) is 0 Å². The number of rotatable bonds is 5. The standard InChI is InChI=1S/C17H20N6OS2/c1-11-18-14(9-25-11)12-6-5-7-13(8-12)19-15(24)10-26-16-20-21-22-23(16)17(2,3)4/h5-9H,10H2,1-4H3,(H,19,24). The Kier molecular flexibility index (Phi) is 5.38. The lowest BCUT2D eigenvalue weighted by Gasteiger charge is -2.19. The van der Waals surface area contributed by atoms with Crippen molar-refractivity contribution < 1.29 is 4.79 Å². The molecule has 2 heterocycles. The molecule has 3 rings (SSSR count). The van der Waals surface area contributed by atoms with Crippen molar-refractivity contribution in [2.24, 2.45) is 0 Å². The summed E-state index contributed by atoms with van der Waals surface area (Å²) in [5.41, 5.74) is 2.41. The Bertz CT molecular complexity index is 912. The lowest BCUT2D eigenvalue weighted by Crippen LogP contribution is -2.24. The molecule has 0 fully saturated rings. The van der Waals surface area contributed by atoms with Crippen molar-refractivity contribution in [3.05, 3.63) is 34.7 Å². The molecule has 26 heavy (non-hydrogen) atoms. The minimum atomic E-state index is -0.234. The van der Waals surface area contributed by atoms with E-state index in [0.717, 1.165) is 22.0 Å². The maximum atomic E-state index is 12.3. The van der Waals surface area contributed by atoms with Gasteiger partial charge in [0.25, 0.3) is 0 Å². The number of anilines is 1. The maximum absolute atomic E-state index is 12.3. The smallest absolute Gasteiger partial charge is 0.234 e. The molecule has 1 amide bonds. The summed E-state index contributed by atoms with van der Waals surface area (Å²) in [5, 5.41) is 18.3. The second-order valence-corrected chi connectivity index (χ2v) is 8.72. The van der Waals surface area contributed by atoms with E-state index in [1.807, 2.05) is 57.3 Å². The Morgan fingerprint density at radius 1 is 1.35 bits per heavy atom. The fourth-order valence-electron chi connectivity index (χ4n) is 2.27. The average Bonchev–Trinajstić information content (AvgIpc) is 3.21. The molecule has 9 heteroatoms. The van der Waals surface area contributed by atoms with Gasteiger partial charge in [-0.2, -0.15) is 0 Å². The molecule has 1 N–H and O–H groups in total. The van der Waals surface area contributed by atoms with E-state index in [9.17, 15) is 4.79 Å². The zero-order chi connectivity index (χ0) is 18.7. The highest BCUT2D eigenvalue weighted by Gasteiger charge is 2.20. The topological polar surface area (TPSA) is 85.6 Å². The first-order valence-electron chi connectivity index (χ1n) is 8.07. The van der Waals surface area contributed by atoms with Gasteiger partial charge >= 0.3 is 0 Å². The van der Waals surface area contributed by atoms with Crippen LogP contribution in [0.15, 0.2) is 34.8 Å². The Labute approximate surface area is 160 Å². The molecular weight excluding hydrogens is 368 g/mol. The summed E-state index contributed by atoms with van der Waals surface area (Å²) in [6, 6.07) is 7.68. The predicted molar refractivity (Wildman–Crippen MR) is 104 cm³/mol. The molecule has 0 aliphatic rings. The minimum absolute atomic E-state index is 0.106. The monoisotopic (exact) mass is 388 g/mol. The fraction of sp³-hybridized carbons (Fsp3) is 0.353. The number of aryl methyl sites for hydroxylation is 1. The van der Waals surface area contributed by atoms with E-state index < -0.39 is 0 Å². The van der Waals surface area contributed by atoms with Crippen molar-refractivity contribution in [1.82, 2.24) is 25.2 Å². The van der Waals surface area contributed by atoms with E-state index in [0.29, 0.717) is 5.16 Å². The number of nitrogens with one attached hydrogen (secondary N) is 1. The van der Waals surface area contributed by atoms with Gasteiger partial charge in [-0.3, -0.25) is 4.79 Å². The van der Waals surface area contributed by atoms with Crippen molar-refractivity contribution in [1.29, 1.82) is 0 Å². The SMILES string of the molecule is Cc1nc(-c2cccc(NC(=O)CSc3nnnn3C(C)(C)C)c2)cs1. The van der Waals surface area contributed by atoms with Gasteiger partial charge in [0, 0.05) is 16.6 Å². The van der Waals surface area contributed by atoms with Crippen molar-refractivity contribution in [3.63, 3.8) is 0 Å². The number of nitrogens with zero attached hydrogens (tertiary/aromatic N) is 5. The number of thioether (sulfide) groups is 1. The number of amides is 1. The highest BCUT2D eigenvalue weighted by Crippen LogP contribution is 2.25. The molecule has 136 valence electrons. The van der Waals surface area contributed by atoms with Crippen LogP contribution in [0, 0.1) is 6.92 Å². The van der Waals surface area contributed by atoms with E-state index >= 15 is 0 Å². The van der Waals surface area contributed by atoms with Crippen LogP contribution in [0.3, 0.4) is 0 Å².